The summed E-state index contributed by atoms with van der Waals surface area (Å²) in [5.41, 5.74) is 1.64. The van der Waals surface area contributed by atoms with Crippen LogP contribution in [0, 0.1) is 0 Å². The predicted octanol–water partition coefficient (Wildman–Crippen LogP) is 7.80. The van der Waals surface area contributed by atoms with Crippen molar-refractivity contribution in [2.24, 2.45) is 0 Å². The summed E-state index contributed by atoms with van der Waals surface area (Å²) in [5.74, 6) is -0.280. The van der Waals surface area contributed by atoms with Crippen LogP contribution in [-0.2, 0) is 13.1 Å². The van der Waals surface area contributed by atoms with Crippen LogP contribution in [0.15, 0.2) is 60.7 Å². The molecule has 0 aromatic heterocycles. The van der Waals surface area contributed by atoms with Crippen LogP contribution in [0.5, 0.6) is 0 Å². The van der Waals surface area contributed by atoms with Gasteiger partial charge in [-0.3, -0.25) is 4.79 Å². The Balaban J connectivity index is 2.03. The average molecular weight is 474 g/mol. The SMILES string of the molecule is O=C(c1ccccc1Cl)N(Cc1c(Cl)cccc1Cl)Cc1c(Cl)cccc1Cl. The van der Waals surface area contributed by atoms with Gasteiger partial charge in [0.05, 0.1) is 10.6 Å². The van der Waals surface area contributed by atoms with Gasteiger partial charge in [-0.15, -0.1) is 0 Å². The number of benzene rings is 3. The molecule has 0 aliphatic heterocycles. The number of carbonyl (C=O) groups excluding carboxylic acids is 1. The van der Waals surface area contributed by atoms with Crippen molar-refractivity contribution < 1.29 is 4.79 Å². The molecule has 0 saturated carbocycles. The van der Waals surface area contributed by atoms with Crippen LogP contribution >= 0.6 is 58.0 Å². The molecule has 2 nitrogen and oxygen atoms in total. The van der Waals surface area contributed by atoms with E-state index < -0.39 is 0 Å². The van der Waals surface area contributed by atoms with Crippen LogP contribution in [0.3, 0.4) is 0 Å². The molecular formula is C21H14Cl5NO. The molecule has 1 amide bonds. The van der Waals surface area contributed by atoms with E-state index in [9.17, 15) is 4.79 Å². The first kappa shape index (κ1) is 21.3. The Hall–Kier alpha value is -1.42. The van der Waals surface area contributed by atoms with E-state index >= 15 is 0 Å². The Morgan fingerprint density at radius 1 is 0.607 bits per heavy atom. The topological polar surface area (TPSA) is 20.3 Å². The minimum absolute atomic E-state index is 0.171. The molecule has 144 valence electrons. The minimum atomic E-state index is -0.280. The van der Waals surface area contributed by atoms with Crippen LogP contribution in [0.2, 0.25) is 25.1 Å². The highest BCUT2D eigenvalue weighted by Crippen LogP contribution is 2.31. The smallest absolute Gasteiger partial charge is 0.255 e. The summed E-state index contributed by atoms with van der Waals surface area (Å²) in [6.45, 7) is 0.341. The molecule has 0 heterocycles. The first-order valence-corrected chi connectivity index (χ1v) is 10.2. The normalized spacial score (nSPS) is 10.8. The Morgan fingerprint density at radius 3 is 1.43 bits per heavy atom. The number of rotatable bonds is 5. The van der Waals surface area contributed by atoms with E-state index in [1.807, 2.05) is 0 Å². The number of nitrogens with zero attached hydrogens (tertiary/aromatic N) is 1. The summed E-state index contributed by atoms with van der Waals surface area (Å²) in [7, 11) is 0. The van der Waals surface area contributed by atoms with Crippen molar-refractivity contribution in [2.45, 2.75) is 13.1 Å². The third kappa shape index (κ3) is 4.76. The molecule has 3 aromatic rings. The average Bonchev–Trinajstić information content (AvgIpc) is 2.66. The molecule has 3 rings (SSSR count). The van der Waals surface area contributed by atoms with Gasteiger partial charge in [0.2, 0.25) is 0 Å². The standard InChI is InChI=1S/C21H14Cl5NO/c22-16-6-2-1-5-13(16)21(28)27(11-14-17(23)7-3-8-18(14)24)12-15-19(25)9-4-10-20(15)26/h1-10H,11-12H2. The highest BCUT2D eigenvalue weighted by atomic mass is 35.5. The van der Waals surface area contributed by atoms with Gasteiger partial charge in [0.15, 0.2) is 0 Å². The number of hydrogen-bond donors (Lipinski definition) is 0. The van der Waals surface area contributed by atoms with E-state index in [4.69, 9.17) is 58.0 Å². The maximum absolute atomic E-state index is 13.3. The summed E-state index contributed by atoms with van der Waals surface area (Å²) < 4.78 is 0. The van der Waals surface area contributed by atoms with E-state index in [1.54, 1.807) is 65.6 Å². The van der Waals surface area contributed by atoms with Crippen LogP contribution in [0.25, 0.3) is 0 Å². The van der Waals surface area contributed by atoms with E-state index in [2.05, 4.69) is 0 Å². The highest BCUT2D eigenvalue weighted by molar-refractivity contribution is 6.37. The van der Waals surface area contributed by atoms with E-state index in [0.717, 1.165) is 0 Å². The van der Waals surface area contributed by atoms with Gasteiger partial charge in [-0.2, -0.15) is 0 Å². The maximum Gasteiger partial charge on any atom is 0.255 e. The molecule has 0 fully saturated rings. The Bertz CT molecular complexity index is 927. The quantitative estimate of drug-likeness (QED) is 0.370. The molecule has 0 saturated heterocycles. The Morgan fingerprint density at radius 2 is 1.00 bits per heavy atom. The molecule has 0 bridgehead atoms. The molecule has 0 unspecified atom stereocenters. The summed E-state index contributed by atoms with van der Waals surface area (Å²) in [5, 5.41) is 2.22. The fraction of sp³-hybridized carbons (Fsp3) is 0.0952. The molecule has 28 heavy (non-hydrogen) atoms. The summed E-state index contributed by atoms with van der Waals surface area (Å²) in [6, 6.07) is 17.2. The summed E-state index contributed by atoms with van der Waals surface area (Å²) in [4.78, 5) is 14.9. The maximum atomic E-state index is 13.3. The second-order valence-electron chi connectivity index (χ2n) is 6.04. The number of halogens is 5. The number of hydrogen-bond acceptors (Lipinski definition) is 1. The Labute approximate surface area is 188 Å². The minimum Gasteiger partial charge on any atom is -0.330 e. The van der Waals surface area contributed by atoms with Crippen molar-refractivity contribution in [1.29, 1.82) is 0 Å². The third-order valence-corrected chi connectivity index (χ3v) is 5.96. The fourth-order valence-electron chi connectivity index (χ4n) is 2.75. The van der Waals surface area contributed by atoms with Crippen LogP contribution in [0.4, 0.5) is 0 Å². The molecule has 0 radical (unpaired) electrons. The zero-order chi connectivity index (χ0) is 20.3. The highest BCUT2D eigenvalue weighted by Gasteiger charge is 2.22. The van der Waals surface area contributed by atoms with Crippen molar-refractivity contribution in [3.63, 3.8) is 0 Å². The van der Waals surface area contributed by atoms with Crippen molar-refractivity contribution >= 4 is 63.9 Å². The second kappa shape index (κ2) is 9.39. The lowest BCUT2D eigenvalue weighted by Crippen LogP contribution is -2.31. The van der Waals surface area contributed by atoms with E-state index in [0.29, 0.717) is 41.8 Å². The van der Waals surface area contributed by atoms with Crippen LogP contribution < -0.4 is 0 Å². The number of amides is 1. The van der Waals surface area contributed by atoms with Gasteiger partial charge in [-0.1, -0.05) is 82.3 Å². The van der Waals surface area contributed by atoms with Gasteiger partial charge >= 0.3 is 0 Å². The summed E-state index contributed by atoms with van der Waals surface area (Å²) in [6.07, 6.45) is 0. The van der Waals surface area contributed by atoms with Gasteiger partial charge in [-0.25, -0.2) is 0 Å². The van der Waals surface area contributed by atoms with Gasteiger partial charge in [0.25, 0.3) is 5.91 Å². The first-order chi connectivity index (χ1) is 13.4. The molecule has 0 aliphatic carbocycles. The van der Waals surface area contributed by atoms with Crippen molar-refractivity contribution in [1.82, 2.24) is 4.90 Å². The monoisotopic (exact) mass is 471 g/mol. The van der Waals surface area contributed by atoms with Crippen LogP contribution in [-0.4, -0.2) is 10.8 Å². The van der Waals surface area contributed by atoms with Crippen molar-refractivity contribution in [3.05, 3.63) is 102 Å². The zero-order valence-electron chi connectivity index (χ0n) is 14.4. The Kier molecular flexibility index (Phi) is 7.14. The lowest BCUT2D eigenvalue weighted by atomic mass is 10.1. The van der Waals surface area contributed by atoms with Gasteiger partial charge < -0.3 is 4.90 Å². The molecular weight excluding hydrogens is 460 g/mol. The molecule has 3 aromatic carbocycles. The van der Waals surface area contributed by atoms with Gasteiger partial charge in [0.1, 0.15) is 0 Å². The van der Waals surface area contributed by atoms with E-state index in [-0.39, 0.29) is 19.0 Å². The largest absolute Gasteiger partial charge is 0.330 e. The fourth-order valence-corrected chi connectivity index (χ4v) is 4.00. The van der Waals surface area contributed by atoms with Gasteiger partial charge in [0, 0.05) is 44.3 Å². The number of carbonyl (C=O) groups is 1. The zero-order valence-corrected chi connectivity index (χ0v) is 18.2. The molecule has 0 spiro atoms. The van der Waals surface area contributed by atoms with Crippen molar-refractivity contribution in [3.8, 4) is 0 Å². The predicted molar refractivity (Wildman–Crippen MR) is 118 cm³/mol. The lowest BCUT2D eigenvalue weighted by molar-refractivity contribution is 0.0730. The van der Waals surface area contributed by atoms with E-state index in [1.165, 1.54) is 0 Å². The molecule has 0 aliphatic rings. The third-order valence-electron chi connectivity index (χ3n) is 4.21. The van der Waals surface area contributed by atoms with Crippen molar-refractivity contribution in [2.75, 3.05) is 0 Å². The second-order valence-corrected chi connectivity index (χ2v) is 8.08. The lowest BCUT2D eigenvalue weighted by Gasteiger charge is -2.25. The summed E-state index contributed by atoms with van der Waals surface area (Å²) >= 11 is 31.5. The molecule has 0 atom stereocenters. The molecule has 7 heteroatoms. The van der Waals surface area contributed by atoms with Crippen LogP contribution in [0.1, 0.15) is 21.5 Å². The van der Waals surface area contributed by atoms with Gasteiger partial charge in [-0.05, 0) is 36.4 Å². The first-order valence-electron chi connectivity index (χ1n) is 8.28. The molecule has 0 N–H and O–H groups in total.